The number of benzene rings is 2. The molecule has 2 rings (SSSR count). The minimum atomic E-state index is -4.57. The molecule has 0 saturated carbocycles. The number of halogens is 3. The molecule has 0 aliphatic carbocycles. The first kappa shape index (κ1) is 15.7. The molecule has 0 aromatic heterocycles. The van der Waals surface area contributed by atoms with E-state index in [1.54, 1.807) is 0 Å². The molecule has 0 bridgehead atoms. The fourth-order valence-corrected chi connectivity index (χ4v) is 1.87. The highest BCUT2D eigenvalue weighted by atomic mass is 19.4. The average Bonchev–Trinajstić information content (AvgIpc) is 2.45. The Labute approximate surface area is 123 Å². The third kappa shape index (κ3) is 3.49. The number of carboxylic acids is 1. The van der Waals surface area contributed by atoms with Crippen LogP contribution >= 0.6 is 0 Å². The summed E-state index contributed by atoms with van der Waals surface area (Å²) in [5, 5.41) is 18.3. The summed E-state index contributed by atoms with van der Waals surface area (Å²) in [4.78, 5) is 11.1. The highest BCUT2D eigenvalue weighted by Gasteiger charge is 2.34. The van der Waals surface area contributed by atoms with Crippen LogP contribution in [0.4, 0.5) is 13.2 Å². The molecule has 22 heavy (non-hydrogen) atoms. The number of ether oxygens (including phenoxy) is 1. The van der Waals surface area contributed by atoms with Crippen LogP contribution in [0.15, 0.2) is 42.5 Å². The van der Waals surface area contributed by atoms with Gasteiger partial charge < -0.3 is 14.9 Å². The number of carbonyl (C=O) groups is 1. The second-order valence-corrected chi connectivity index (χ2v) is 4.43. The van der Waals surface area contributed by atoms with Crippen LogP contribution in [-0.4, -0.2) is 16.2 Å². The van der Waals surface area contributed by atoms with Crippen LogP contribution in [0.3, 0.4) is 0 Å². The van der Waals surface area contributed by atoms with Crippen molar-refractivity contribution in [3.8, 4) is 11.5 Å². The van der Waals surface area contributed by atoms with Gasteiger partial charge >= 0.3 is 12.1 Å². The largest absolute Gasteiger partial charge is 0.508 e. The number of carboxylic acid groups (broad SMARTS) is 1. The fourth-order valence-electron chi connectivity index (χ4n) is 1.87. The standard InChI is InChI=1S/C15H11F3O4/c16-15(17,18)12-3-1-2-4-13(12)22-8-9-5-6-10(19)7-11(9)14(20)21/h1-7,19H,8H2,(H,20,21). The van der Waals surface area contributed by atoms with Crippen LogP contribution in [0, 0.1) is 0 Å². The number of hydrogen-bond acceptors (Lipinski definition) is 3. The van der Waals surface area contributed by atoms with E-state index in [1.165, 1.54) is 24.3 Å². The van der Waals surface area contributed by atoms with Gasteiger partial charge in [-0.3, -0.25) is 0 Å². The molecule has 2 N–H and O–H groups in total. The number of para-hydroxylation sites is 1. The number of phenols is 1. The van der Waals surface area contributed by atoms with Gasteiger partial charge in [0.1, 0.15) is 18.1 Å². The van der Waals surface area contributed by atoms with E-state index in [0.717, 1.165) is 18.2 Å². The van der Waals surface area contributed by atoms with E-state index < -0.39 is 17.7 Å². The Morgan fingerprint density at radius 1 is 1.14 bits per heavy atom. The topological polar surface area (TPSA) is 66.8 Å². The molecule has 0 spiro atoms. The molecule has 116 valence electrons. The van der Waals surface area contributed by atoms with Crippen molar-refractivity contribution in [3.63, 3.8) is 0 Å². The van der Waals surface area contributed by atoms with Crippen LogP contribution in [0.2, 0.25) is 0 Å². The van der Waals surface area contributed by atoms with Crippen molar-refractivity contribution < 1.29 is 32.9 Å². The van der Waals surface area contributed by atoms with Gasteiger partial charge in [-0.15, -0.1) is 0 Å². The van der Waals surface area contributed by atoms with Crippen LogP contribution in [0.5, 0.6) is 11.5 Å². The Morgan fingerprint density at radius 2 is 1.82 bits per heavy atom. The lowest BCUT2D eigenvalue weighted by Crippen LogP contribution is -2.10. The van der Waals surface area contributed by atoms with Crippen molar-refractivity contribution in [1.29, 1.82) is 0 Å². The molecule has 0 heterocycles. The predicted molar refractivity (Wildman–Crippen MR) is 70.8 cm³/mol. The number of phenolic OH excluding ortho intramolecular Hbond substituents is 1. The molecular weight excluding hydrogens is 301 g/mol. The highest BCUT2D eigenvalue weighted by molar-refractivity contribution is 5.89. The molecule has 7 heteroatoms. The van der Waals surface area contributed by atoms with Crippen molar-refractivity contribution in [2.24, 2.45) is 0 Å². The van der Waals surface area contributed by atoms with Gasteiger partial charge in [-0.25, -0.2) is 4.79 Å². The summed E-state index contributed by atoms with van der Waals surface area (Å²) < 4.78 is 43.6. The Morgan fingerprint density at radius 3 is 2.45 bits per heavy atom. The van der Waals surface area contributed by atoms with Crippen LogP contribution in [-0.2, 0) is 12.8 Å². The van der Waals surface area contributed by atoms with Crippen molar-refractivity contribution in [2.45, 2.75) is 12.8 Å². The summed E-state index contributed by atoms with van der Waals surface area (Å²) in [5.74, 6) is -1.95. The van der Waals surface area contributed by atoms with Crippen LogP contribution < -0.4 is 4.74 Å². The van der Waals surface area contributed by atoms with Crippen LogP contribution in [0.1, 0.15) is 21.5 Å². The van der Waals surface area contributed by atoms with E-state index in [1.807, 2.05) is 0 Å². The van der Waals surface area contributed by atoms with E-state index in [-0.39, 0.29) is 29.2 Å². The summed E-state index contributed by atoms with van der Waals surface area (Å²) in [6.07, 6.45) is -4.57. The maximum absolute atomic E-state index is 12.8. The van der Waals surface area contributed by atoms with E-state index in [0.29, 0.717) is 0 Å². The molecule has 0 atom stereocenters. The summed E-state index contributed by atoms with van der Waals surface area (Å²) in [7, 11) is 0. The molecule has 0 unspecified atom stereocenters. The zero-order valence-corrected chi connectivity index (χ0v) is 11.1. The minimum Gasteiger partial charge on any atom is -0.508 e. The lowest BCUT2D eigenvalue weighted by atomic mass is 10.1. The monoisotopic (exact) mass is 312 g/mol. The van der Waals surface area contributed by atoms with E-state index in [4.69, 9.17) is 9.84 Å². The first-order valence-corrected chi connectivity index (χ1v) is 6.13. The number of aromatic carboxylic acids is 1. The summed E-state index contributed by atoms with van der Waals surface area (Å²) in [6.45, 7) is -0.366. The molecule has 0 fully saturated rings. The molecular formula is C15H11F3O4. The summed E-state index contributed by atoms with van der Waals surface area (Å²) in [6, 6.07) is 8.19. The van der Waals surface area contributed by atoms with Gasteiger partial charge in [0.2, 0.25) is 0 Å². The van der Waals surface area contributed by atoms with Gasteiger partial charge in [0.25, 0.3) is 0 Å². The molecule has 0 radical (unpaired) electrons. The minimum absolute atomic E-state index is 0.155. The smallest absolute Gasteiger partial charge is 0.419 e. The highest BCUT2D eigenvalue weighted by Crippen LogP contribution is 2.36. The van der Waals surface area contributed by atoms with Gasteiger partial charge in [-0.2, -0.15) is 13.2 Å². The van der Waals surface area contributed by atoms with Gasteiger partial charge in [0.15, 0.2) is 0 Å². The van der Waals surface area contributed by atoms with Gasteiger partial charge in [0, 0.05) is 5.56 Å². The van der Waals surface area contributed by atoms with Crippen molar-refractivity contribution in [1.82, 2.24) is 0 Å². The Hall–Kier alpha value is -2.70. The second kappa shape index (κ2) is 5.97. The second-order valence-electron chi connectivity index (χ2n) is 4.43. The molecule has 0 aliphatic heterocycles. The lowest BCUT2D eigenvalue weighted by molar-refractivity contribution is -0.139. The zero-order chi connectivity index (χ0) is 16.3. The predicted octanol–water partition coefficient (Wildman–Crippen LogP) is 3.69. The molecule has 2 aromatic carbocycles. The Balaban J connectivity index is 2.27. The third-order valence-corrected chi connectivity index (χ3v) is 2.90. The van der Waals surface area contributed by atoms with Gasteiger partial charge in [0.05, 0.1) is 11.1 Å². The summed E-state index contributed by atoms with van der Waals surface area (Å²) in [5.41, 5.74) is -1.02. The van der Waals surface area contributed by atoms with E-state index in [2.05, 4.69) is 0 Å². The number of hydrogen-bond donors (Lipinski definition) is 2. The van der Waals surface area contributed by atoms with Gasteiger partial charge in [-0.1, -0.05) is 18.2 Å². The van der Waals surface area contributed by atoms with Gasteiger partial charge in [-0.05, 0) is 24.3 Å². The number of rotatable bonds is 4. The molecule has 2 aromatic rings. The van der Waals surface area contributed by atoms with Crippen molar-refractivity contribution >= 4 is 5.97 Å². The van der Waals surface area contributed by atoms with Crippen LogP contribution in [0.25, 0.3) is 0 Å². The fraction of sp³-hybridized carbons (Fsp3) is 0.133. The third-order valence-electron chi connectivity index (χ3n) is 2.90. The maximum Gasteiger partial charge on any atom is 0.419 e. The maximum atomic E-state index is 12.8. The summed E-state index contributed by atoms with van der Waals surface area (Å²) >= 11 is 0. The Kier molecular flexibility index (Phi) is 4.25. The molecule has 0 aliphatic rings. The quantitative estimate of drug-likeness (QED) is 0.903. The average molecular weight is 312 g/mol. The number of aromatic hydroxyl groups is 1. The normalized spacial score (nSPS) is 11.2. The SMILES string of the molecule is O=C(O)c1cc(O)ccc1COc1ccccc1C(F)(F)F. The van der Waals surface area contributed by atoms with Crippen molar-refractivity contribution in [3.05, 3.63) is 59.2 Å². The molecule has 0 amide bonds. The lowest BCUT2D eigenvalue weighted by Gasteiger charge is -2.14. The number of alkyl halides is 3. The van der Waals surface area contributed by atoms with Crippen molar-refractivity contribution in [2.75, 3.05) is 0 Å². The first-order valence-electron chi connectivity index (χ1n) is 6.13. The molecule has 4 nitrogen and oxygen atoms in total. The Bertz CT molecular complexity index is 695. The van der Waals surface area contributed by atoms with E-state index >= 15 is 0 Å². The zero-order valence-electron chi connectivity index (χ0n) is 11.1. The first-order chi connectivity index (χ1) is 10.3. The van der Waals surface area contributed by atoms with E-state index in [9.17, 15) is 23.1 Å². The molecule has 0 saturated heterocycles.